The van der Waals surface area contributed by atoms with Crippen molar-refractivity contribution in [1.82, 2.24) is 0 Å². The van der Waals surface area contributed by atoms with Gasteiger partial charge in [-0.25, -0.2) is 18.4 Å². The fourth-order valence-electron chi connectivity index (χ4n) is 3.11. The zero-order valence-electron chi connectivity index (χ0n) is 15.4. The van der Waals surface area contributed by atoms with Crippen molar-refractivity contribution in [3.8, 4) is 0 Å². The van der Waals surface area contributed by atoms with Crippen LogP contribution in [0.4, 0.5) is 5.69 Å². The van der Waals surface area contributed by atoms with E-state index >= 15 is 0 Å². The van der Waals surface area contributed by atoms with Gasteiger partial charge in [-0.15, -0.1) is 0 Å². The van der Waals surface area contributed by atoms with Gasteiger partial charge in [0.2, 0.25) is 10.0 Å². The molecule has 0 radical (unpaired) electrons. The first kappa shape index (κ1) is 20.0. The van der Waals surface area contributed by atoms with Gasteiger partial charge in [-0.1, -0.05) is 29.8 Å². The average Bonchev–Trinajstić information content (AvgIpc) is 2.67. The van der Waals surface area contributed by atoms with Crippen molar-refractivity contribution in [3.05, 3.63) is 59.7 Å². The molecule has 0 saturated carbocycles. The van der Waals surface area contributed by atoms with Crippen LogP contribution in [-0.4, -0.2) is 40.1 Å². The van der Waals surface area contributed by atoms with E-state index in [9.17, 15) is 18.0 Å². The van der Waals surface area contributed by atoms with Gasteiger partial charge < -0.3 is 9.47 Å². The number of nitrogens with two attached hydrogens (primary N) is 1. The largest absolute Gasteiger partial charge is 0.467 e. The van der Waals surface area contributed by atoms with Gasteiger partial charge in [-0.05, 0) is 36.8 Å². The van der Waals surface area contributed by atoms with Crippen LogP contribution in [0.5, 0.6) is 0 Å². The zero-order valence-corrected chi connectivity index (χ0v) is 16.2. The first-order valence-corrected chi connectivity index (χ1v) is 9.98. The highest BCUT2D eigenvalue weighted by Gasteiger charge is 2.43. The molecule has 3 rings (SSSR count). The van der Waals surface area contributed by atoms with Gasteiger partial charge in [0.05, 0.1) is 18.0 Å². The van der Waals surface area contributed by atoms with Gasteiger partial charge in [0, 0.05) is 5.69 Å². The summed E-state index contributed by atoms with van der Waals surface area (Å²) in [5.41, 5.74) is 2.12. The summed E-state index contributed by atoms with van der Waals surface area (Å²) in [5.74, 6) is -0.974. The summed E-state index contributed by atoms with van der Waals surface area (Å²) in [4.78, 5) is 26.3. The minimum Gasteiger partial charge on any atom is -0.467 e. The molecule has 148 valence electrons. The Morgan fingerprint density at radius 3 is 2.29 bits per heavy atom. The molecule has 1 aliphatic heterocycles. The summed E-state index contributed by atoms with van der Waals surface area (Å²) >= 11 is 0. The molecule has 0 aromatic heterocycles. The monoisotopic (exact) mass is 404 g/mol. The van der Waals surface area contributed by atoms with Crippen LogP contribution in [0, 0.1) is 6.92 Å². The number of aryl methyl sites for hydroxylation is 1. The van der Waals surface area contributed by atoms with Crippen LogP contribution in [0.1, 0.15) is 17.2 Å². The van der Waals surface area contributed by atoms with E-state index < -0.39 is 28.1 Å². The van der Waals surface area contributed by atoms with Crippen molar-refractivity contribution in [1.29, 1.82) is 0 Å². The van der Waals surface area contributed by atoms with Crippen molar-refractivity contribution < 1.29 is 27.5 Å². The van der Waals surface area contributed by atoms with Crippen molar-refractivity contribution >= 4 is 27.6 Å². The number of ether oxygens (including phenoxy) is 2. The van der Waals surface area contributed by atoms with Crippen molar-refractivity contribution in [2.75, 3.05) is 18.6 Å². The smallest absolute Gasteiger partial charge is 0.337 e. The Bertz CT molecular complexity index is 986. The molecule has 2 aromatic rings. The molecule has 9 heteroatoms. The predicted octanol–water partition coefficient (Wildman–Crippen LogP) is 1.29. The quantitative estimate of drug-likeness (QED) is 0.768. The summed E-state index contributed by atoms with van der Waals surface area (Å²) < 4.78 is 33.3. The number of rotatable bonds is 4. The standard InChI is InChI=1S/C19H20N2O6S/c1-12-3-5-13(6-4-12)17-18(19(23)26-2)27-11-16(22)21(17)14-7-9-15(10-8-14)28(20,24)25/h3-10,17-18H,11H2,1-2H3,(H2,20,24,25)/t17-,18+/m0/s1. The van der Waals surface area contributed by atoms with Crippen molar-refractivity contribution in [2.24, 2.45) is 5.14 Å². The average molecular weight is 404 g/mol. The lowest BCUT2D eigenvalue weighted by Crippen LogP contribution is -2.52. The summed E-state index contributed by atoms with van der Waals surface area (Å²) in [6, 6.07) is 12.1. The number of hydrogen-bond acceptors (Lipinski definition) is 6. The number of nitrogens with zero attached hydrogens (tertiary/aromatic N) is 1. The maximum atomic E-state index is 12.7. The number of morpholine rings is 1. The van der Waals surface area contributed by atoms with Crippen LogP contribution in [0.3, 0.4) is 0 Å². The highest BCUT2D eigenvalue weighted by molar-refractivity contribution is 7.89. The lowest BCUT2D eigenvalue weighted by molar-refractivity contribution is -0.161. The third kappa shape index (κ3) is 3.91. The van der Waals surface area contributed by atoms with Crippen LogP contribution < -0.4 is 10.0 Å². The lowest BCUT2D eigenvalue weighted by Gasteiger charge is -2.40. The normalized spacial score (nSPS) is 20.1. The van der Waals surface area contributed by atoms with Gasteiger partial charge in [0.25, 0.3) is 5.91 Å². The van der Waals surface area contributed by atoms with Gasteiger partial charge >= 0.3 is 5.97 Å². The SMILES string of the molecule is COC(=O)[C@@H]1OCC(=O)N(c2ccc(S(N)(=O)=O)cc2)[C@H]1c1ccc(C)cc1. The Morgan fingerprint density at radius 2 is 1.75 bits per heavy atom. The van der Waals surface area contributed by atoms with E-state index in [0.717, 1.165) is 5.56 Å². The second kappa shape index (κ2) is 7.70. The number of esters is 1. The summed E-state index contributed by atoms with van der Waals surface area (Å²) in [7, 11) is -2.62. The third-order valence-corrected chi connectivity index (χ3v) is 5.45. The van der Waals surface area contributed by atoms with E-state index in [1.165, 1.54) is 36.3 Å². The number of hydrogen-bond donors (Lipinski definition) is 1. The summed E-state index contributed by atoms with van der Waals surface area (Å²) in [6.45, 7) is 1.62. The maximum absolute atomic E-state index is 12.7. The van der Waals surface area contributed by atoms with Crippen molar-refractivity contribution in [3.63, 3.8) is 0 Å². The Morgan fingerprint density at radius 1 is 1.14 bits per heavy atom. The molecule has 2 N–H and O–H groups in total. The number of amides is 1. The Kier molecular flexibility index (Phi) is 5.50. The second-order valence-corrected chi connectivity index (χ2v) is 7.97. The number of primary sulfonamides is 1. The Balaban J connectivity index is 2.09. The van der Waals surface area contributed by atoms with Gasteiger partial charge in [0.1, 0.15) is 6.61 Å². The molecule has 8 nitrogen and oxygen atoms in total. The maximum Gasteiger partial charge on any atom is 0.337 e. The van der Waals surface area contributed by atoms with Crippen LogP contribution in [0.25, 0.3) is 0 Å². The van der Waals surface area contributed by atoms with E-state index in [-0.39, 0.29) is 17.4 Å². The molecule has 0 spiro atoms. The molecule has 0 bridgehead atoms. The summed E-state index contributed by atoms with van der Waals surface area (Å²) in [6.07, 6.45) is -1.02. The number of benzene rings is 2. The van der Waals surface area contributed by atoms with E-state index in [2.05, 4.69) is 0 Å². The fourth-order valence-corrected chi connectivity index (χ4v) is 3.63. The Labute approximate surface area is 162 Å². The number of carbonyl (C=O) groups is 2. The second-order valence-electron chi connectivity index (χ2n) is 6.41. The first-order chi connectivity index (χ1) is 13.2. The minimum absolute atomic E-state index is 0.0756. The highest BCUT2D eigenvalue weighted by Crippen LogP contribution is 2.35. The van der Waals surface area contributed by atoms with Crippen molar-refractivity contribution in [2.45, 2.75) is 24.0 Å². The molecule has 1 amide bonds. The topological polar surface area (TPSA) is 116 Å². The van der Waals surface area contributed by atoms with Crippen LogP contribution in [-0.2, 0) is 29.1 Å². The third-order valence-electron chi connectivity index (χ3n) is 4.52. The molecule has 2 atom stereocenters. The molecule has 28 heavy (non-hydrogen) atoms. The molecule has 1 saturated heterocycles. The van der Waals surface area contributed by atoms with E-state index in [0.29, 0.717) is 11.3 Å². The zero-order chi connectivity index (χ0) is 20.5. The van der Waals surface area contributed by atoms with Gasteiger partial charge in [-0.3, -0.25) is 9.69 Å². The first-order valence-electron chi connectivity index (χ1n) is 8.43. The highest BCUT2D eigenvalue weighted by atomic mass is 32.2. The molecule has 0 aliphatic carbocycles. The molecule has 1 heterocycles. The number of anilines is 1. The van der Waals surface area contributed by atoms with Crippen LogP contribution >= 0.6 is 0 Å². The van der Waals surface area contributed by atoms with Gasteiger partial charge in [-0.2, -0.15) is 0 Å². The molecule has 2 aromatic carbocycles. The molecule has 0 unspecified atom stereocenters. The lowest BCUT2D eigenvalue weighted by atomic mass is 9.96. The molecule has 1 aliphatic rings. The molecular weight excluding hydrogens is 384 g/mol. The van der Waals surface area contributed by atoms with E-state index in [1.807, 2.05) is 31.2 Å². The number of sulfonamides is 1. The number of methoxy groups -OCH3 is 1. The van der Waals surface area contributed by atoms with E-state index in [4.69, 9.17) is 14.6 Å². The number of carbonyl (C=O) groups excluding carboxylic acids is 2. The molecule has 1 fully saturated rings. The van der Waals surface area contributed by atoms with Gasteiger partial charge in [0.15, 0.2) is 6.10 Å². The predicted molar refractivity (Wildman–Crippen MR) is 101 cm³/mol. The van der Waals surface area contributed by atoms with Crippen LogP contribution in [0.2, 0.25) is 0 Å². The minimum atomic E-state index is -3.86. The van der Waals surface area contributed by atoms with Crippen LogP contribution in [0.15, 0.2) is 53.4 Å². The Hall–Kier alpha value is -2.75. The summed E-state index contributed by atoms with van der Waals surface area (Å²) in [5, 5.41) is 5.14. The van der Waals surface area contributed by atoms with E-state index in [1.54, 1.807) is 0 Å². The molecular formula is C19H20N2O6S. The fraction of sp³-hybridized carbons (Fsp3) is 0.263.